The molecule has 2 aromatic rings. The summed E-state index contributed by atoms with van der Waals surface area (Å²) >= 11 is 0. The van der Waals surface area contributed by atoms with Crippen LogP contribution in [0.25, 0.3) is 0 Å². The van der Waals surface area contributed by atoms with E-state index in [1.807, 2.05) is 12.1 Å². The van der Waals surface area contributed by atoms with Crippen LogP contribution in [0.3, 0.4) is 0 Å². The third kappa shape index (κ3) is 21.7. The first-order chi connectivity index (χ1) is 19.1. The summed E-state index contributed by atoms with van der Waals surface area (Å²) in [4.78, 5) is 0. The Balaban J connectivity index is 0.000000762. The van der Waals surface area contributed by atoms with Gasteiger partial charge in [-0.2, -0.15) is 0 Å². The predicted molar refractivity (Wildman–Crippen MR) is 157 cm³/mol. The van der Waals surface area contributed by atoms with E-state index in [9.17, 15) is 25.9 Å². The van der Waals surface area contributed by atoms with Crippen molar-refractivity contribution in [2.24, 2.45) is 0 Å². The van der Waals surface area contributed by atoms with Crippen LogP contribution >= 0.6 is 0 Å². The summed E-state index contributed by atoms with van der Waals surface area (Å²) < 4.78 is 72.8. The fraction of sp³-hybridized carbons (Fsp3) is 0.600. The van der Waals surface area contributed by atoms with E-state index in [1.54, 1.807) is 24.3 Å². The molecule has 0 aliphatic heterocycles. The number of rotatable bonds is 20. The number of unbranched alkanes of at least 4 members (excludes halogenated alkanes) is 12. The molecular formula is C30H46CuO8S2. The molecule has 8 nitrogen and oxygen atoms in total. The molecule has 0 amide bonds. The Morgan fingerprint density at radius 2 is 0.805 bits per heavy atom. The molecule has 0 aliphatic rings. The van der Waals surface area contributed by atoms with Gasteiger partial charge in [0, 0.05) is 0 Å². The minimum absolute atomic E-state index is 0. The van der Waals surface area contributed by atoms with Crippen molar-refractivity contribution in [3.05, 3.63) is 59.7 Å². The Kier molecular flexibility index (Phi) is 22.0. The van der Waals surface area contributed by atoms with Crippen LogP contribution in [0.4, 0.5) is 0 Å². The fourth-order valence-corrected chi connectivity index (χ4v) is 5.11. The normalized spacial score (nSPS) is 11.2. The van der Waals surface area contributed by atoms with Gasteiger partial charge in [0.2, 0.25) is 0 Å². The molecule has 0 aromatic heterocycles. The van der Waals surface area contributed by atoms with Crippen LogP contribution in [-0.4, -0.2) is 25.9 Å². The molecule has 237 valence electrons. The van der Waals surface area contributed by atoms with Gasteiger partial charge in [-0.25, -0.2) is 16.8 Å². The van der Waals surface area contributed by atoms with Gasteiger partial charge in [-0.1, -0.05) is 127 Å². The zero-order valence-electron chi connectivity index (χ0n) is 24.3. The molecule has 0 aliphatic carbocycles. The Bertz CT molecular complexity index is 1060. The van der Waals surface area contributed by atoms with Gasteiger partial charge in [-0.3, -0.25) is 0 Å². The third-order valence-corrected chi connectivity index (χ3v) is 7.20. The van der Waals surface area contributed by atoms with Crippen LogP contribution in [0.5, 0.6) is 11.5 Å². The molecule has 0 bridgehead atoms. The van der Waals surface area contributed by atoms with Crippen LogP contribution in [0, 0.1) is 0 Å². The summed E-state index contributed by atoms with van der Waals surface area (Å²) in [7, 11) is -9.39. The summed E-state index contributed by atoms with van der Waals surface area (Å²) in [6.07, 6.45) is 18.2. The molecule has 0 spiro atoms. The summed E-state index contributed by atoms with van der Waals surface area (Å²) in [5.74, 6) is 0.321. The van der Waals surface area contributed by atoms with Gasteiger partial charge in [0.15, 0.2) is 0 Å². The second-order valence-corrected chi connectivity index (χ2v) is 11.9. The van der Waals surface area contributed by atoms with E-state index in [1.165, 1.54) is 76.3 Å². The second kappa shape index (κ2) is 22.9. The maximum Gasteiger partial charge on any atom is 2.00 e. The van der Waals surface area contributed by atoms with Crippen LogP contribution in [-0.2, 0) is 50.7 Å². The van der Waals surface area contributed by atoms with Crippen molar-refractivity contribution in [3.63, 3.8) is 0 Å². The number of hydrogen-bond acceptors (Lipinski definition) is 8. The first kappa shape index (κ1) is 39.4. The van der Waals surface area contributed by atoms with Crippen molar-refractivity contribution in [1.29, 1.82) is 0 Å². The second-order valence-electron chi connectivity index (χ2n) is 9.94. The molecule has 0 atom stereocenters. The quantitative estimate of drug-likeness (QED) is 0.0612. The minimum atomic E-state index is -4.70. The number of para-hydroxylation sites is 2. The van der Waals surface area contributed by atoms with E-state index in [0.29, 0.717) is 0 Å². The zero-order valence-corrected chi connectivity index (χ0v) is 26.9. The van der Waals surface area contributed by atoms with Gasteiger partial charge in [-0.15, -0.1) is 0 Å². The third-order valence-electron chi connectivity index (χ3n) is 6.43. The van der Waals surface area contributed by atoms with Gasteiger partial charge in [0.25, 0.3) is 20.8 Å². The van der Waals surface area contributed by atoms with Gasteiger partial charge in [0.05, 0.1) is 0 Å². The standard InChI is InChI=1S/2C15H24O4S.Cu/c2*1-2-3-4-5-6-7-8-11-14-12-9-10-13-15(14)19-20(16,17)18;/h2*9-10,12-13H,2-8,11H2,1H3,(H,16,17,18);/q;;+2/p-2. The first-order valence-corrected chi connectivity index (χ1v) is 17.2. The fourth-order valence-electron chi connectivity index (χ4n) is 4.35. The van der Waals surface area contributed by atoms with Gasteiger partial charge >= 0.3 is 17.1 Å². The molecule has 0 saturated carbocycles. The molecule has 41 heavy (non-hydrogen) atoms. The summed E-state index contributed by atoms with van der Waals surface area (Å²) in [6, 6.07) is 13.6. The van der Waals surface area contributed by atoms with E-state index in [2.05, 4.69) is 22.2 Å². The molecule has 0 unspecified atom stereocenters. The monoisotopic (exact) mass is 661 g/mol. The van der Waals surface area contributed by atoms with Gasteiger partial charge in [0.1, 0.15) is 11.5 Å². The molecule has 2 aromatic carbocycles. The molecule has 0 N–H and O–H groups in total. The number of aryl methyl sites for hydroxylation is 2. The maximum atomic E-state index is 10.7. The van der Waals surface area contributed by atoms with E-state index in [-0.39, 0.29) is 28.6 Å². The van der Waals surface area contributed by atoms with Crippen molar-refractivity contribution in [1.82, 2.24) is 0 Å². The summed E-state index contributed by atoms with van der Waals surface area (Å²) in [5.41, 5.74) is 1.56. The van der Waals surface area contributed by atoms with Crippen LogP contribution in [0.2, 0.25) is 0 Å². The Morgan fingerprint density at radius 3 is 1.12 bits per heavy atom. The predicted octanol–water partition coefficient (Wildman–Crippen LogP) is 7.63. The summed E-state index contributed by atoms with van der Waals surface area (Å²) in [6.45, 7) is 4.39. The first-order valence-electron chi connectivity index (χ1n) is 14.5. The van der Waals surface area contributed by atoms with Crippen LogP contribution in [0.15, 0.2) is 48.5 Å². The largest absolute Gasteiger partial charge is 2.00 e. The van der Waals surface area contributed by atoms with E-state index < -0.39 is 20.8 Å². The average Bonchev–Trinajstić information content (AvgIpc) is 2.88. The van der Waals surface area contributed by atoms with Crippen molar-refractivity contribution >= 4 is 20.8 Å². The molecule has 0 heterocycles. The Hall–Kier alpha value is -1.62. The molecule has 0 saturated heterocycles. The van der Waals surface area contributed by atoms with Crippen LogP contribution < -0.4 is 8.37 Å². The number of hydrogen-bond donors (Lipinski definition) is 0. The summed E-state index contributed by atoms with van der Waals surface area (Å²) in [5, 5.41) is 0. The van der Waals surface area contributed by atoms with Crippen LogP contribution in [0.1, 0.15) is 115 Å². The average molecular weight is 662 g/mol. The minimum Gasteiger partial charge on any atom is -0.716 e. The molecule has 0 fully saturated rings. The number of benzene rings is 2. The molecule has 1 radical (unpaired) electrons. The van der Waals surface area contributed by atoms with E-state index in [4.69, 9.17) is 0 Å². The van der Waals surface area contributed by atoms with E-state index >= 15 is 0 Å². The van der Waals surface area contributed by atoms with Gasteiger partial charge in [-0.05, 0) is 48.9 Å². The van der Waals surface area contributed by atoms with Crippen molar-refractivity contribution < 1.29 is 51.4 Å². The van der Waals surface area contributed by atoms with E-state index in [0.717, 1.165) is 49.7 Å². The molecule has 11 heteroatoms. The SMILES string of the molecule is CCCCCCCCCc1ccccc1OS(=O)(=O)[O-].CCCCCCCCCc1ccccc1OS(=O)(=O)[O-].[Cu+2]. The van der Waals surface area contributed by atoms with Gasteiger partial charge < -0.3 is 17.5 Å². The Labute approximate surface area is 259 Å². The zero-order chi connectivity index (χ0) is 29.7. The molecule has 2 rings (SSSR count). The van der Waals surface area contributed by atoms with Crippen molar-refractivity contribution in [3.8, 4) is 11.5 Å². The maximum absolute atomic E-state index is 10.7. The Morgan fingerprint density at radius 1 is 0.512 bits per heavy atom. The van der Waals surface area contributed by atoms with Crippen molar-refractivity contribution in [2.45, 2.75) is 117 Å². The smallest absolute Gasteiger partial charge is 0.716 e. The van der Waals surface area contributed by atoms with Crippen molar-refractivity contribution in [2.75, 3.05) is 0 Å². The molecular weight excluding hydrogens is 616 g/mol. The topological polar surface area (TPSA) is 133 Å².